The van der Waals surface area contributed by atoms with E-state index in [-0.39, 0.29) is 4.90 Å². The lowest BCUT2D eigenvalue weighted by Gasteiger charge is -2.09. The predicted molar refractivity (Wildman–Crippen MR) is 93.2 cm³/mol. The number of carbonyl (C=O) groups excluding carboxylic acids is 1. The van der Waals surface area contributed by atoms with E-state index < -0.39 is 20.7 Å². The Morgan fingerprint density at radius 1 is 1.08 bits per heavy atom. The van der Waals surface area contributed by atoms with Gasteiger partial charge in [0.25, 0.3) is 0 Å². The average molecular weight is 345 g/mol. The zero-order valence-electron chi connectivity index (χ0n) is 13.5. The van der Waals surface area contributed by atoms with Gasteiger partial charge in [0.1, 0.15) is 0 Å². The molecule has 0 radical (unpaired) electrons. The molecule has 0 fully saturated rings. The number of esters is 1. The molecule has 0 aromatic heterocycles. The van der Waals surface area contributed by atoms with Crippen molar-refractivity contribution >= 4 is 21.5 Å². The first-order valence-electron chi connectivity index (χ1n) is 7.43. The number of benzene rings is 2. The molecule has 2 rings (SSSR count). The van der Waals surface area contributed by atoms with Crippen molar-refractivity contribution in [1.82, 2.24) is 0 Å². The first-order valence-corrected chi connectivity index (χ1v) is 8.91. The molecule has 0 aliphatic heterocycles. The number of methoxy groups -OCH3 is 1. The second-order valence-electron chi connectivity index (χ2n) is 5.01. The molecule has 0 bridgehead atoms. The second-order valence-corrected chi connectivity index (χ2v) is 6.93. The number of sulfone groups is 1. The molecular formula is C18H19NO4S. The number of carbonyl (C=O) groups is 1. The van der Waals surface area contributed by atoms with Crippen LogP contribution in [0.15, 0.2) is 70.6 Å². The average Bonchev–Trinajstić information content (AvgIpc) is 2.62. The molecule has 0 saturated heterocycles. The molecule has 0 atom stereocenters. The Balaban J connectivity index is 2.36. The molecule has 2 aromatic carbocycles. The van der Waals surface area contributed by atoms with E-state index in [1.54, 1.807) is 18.2 Å². The lowest BCUT2D eigenvalue weighted by molar-refractivity contribution is -0.135. The predicted octanol–water partition coefficient (Wildman–Crippen LogP) is 3.15. The molecule has 2 aromatic rings. The molecular weight excluding hydrogens is 326 g/mol. The van der Waals surface area contributed by atoms with Crippen LogP contribution in [-0.4, -0.2) is 21.5 Å². The molecule has 0 aliphatic carbocycles. The van der Waals surface area contributed by atoms with Crippen LogP contribution in [0.4, 0.5) is 5.69 Å². The maximum absolute atomic E-state index is 12.6. The van der Waals surface area contributed by atoms with Gasteiger partial charge in [0.2, 0.25) is 9.84 Å². The van der Waals surface area contributed by atoms with Crippen molar-refractivity contribution in [2.24, 2.45) is 0 Å². The SMILES string of the molecule is CCc1ccc(NC=C(C(=O)OC)S(=O)(=O)c2ccccc2)cc1. The van der Waals surface area contributed by atoms with Gasteiger partial charge >= 0.3 is 5.97 Å². The monoisotopic (exact) mass is 345 g/mol. The maximum atomic E-state index is 12.6. The number of aryl methyl sites for hydroxylation is 1. The van der Waals surface area contributed by atoms with E-state index in [9.17, 15) is 13.2 Å². The zero-order chi connectivity index (χ0) is 17.6. The van der Waals surface area contributed by atoms with Crippen LogP contribution >= 0.6 is 0 Å². The molecule has 0 unspecified atom stereocenters. The number of rotatable bonds is 6. The highest BCUT2D eigenvalue weighted by molar-refractivity contribution is 7.96. The van der Waals surface area contributed by atoms with Crippen LogP contribution in [0.1, 0.15) is 12.5 Å². The summed E-state index contributed by atoms with van der Waals surface area (Å²) in [6.07, 6.45) is 2.07. The van der Waals surface area contributed by atoms with Gasteiger partial charge in [-0.15, -0.1) is 0 Å². The summed E-state index contributed by atoms with van der Waals surface area (Å²) in [4.78, 5) is 11.5. The fraction of sp³-hybridized carbons (Fsp3) is 0.167. The number of hydrogen-bond donors (Lipinski definition) is 1. The molecule has 1 N–H and O–H groups in total. The smallest absolute Gasteiger partial charge is 0.351 e. The normalized spacial score (nSPS) is 11.8. The van der Waals surface area contributed by atoms with Crippen molar-refractivity contribution in [3.8, 4) is 0 Å². The largest absolute Gasteiger partial charge is 0.465 e. The van der Waals surface area contributed by atoms with Crippen molar-refractivity contribution in [2.75, 3.05) is 12.4 Å². The van der Waals surface area contributed by atoms with Gasteiger partial charge in [-0.25, -0.2) is 13.2 Å². The second kappa shape index (κ2) is 7.79. The van der Waals surface area contributed by atoms with Gasteiger partial charge in [0.15, 0.2) is 4.91 Å². The Morgan fingerprint density at radius 3 is 2.25 bits per heavy atom. The minimum atomic E-state index is -3.97. The Bertz CT molecular complexity index is 825. The van der Waals surface area contributed by atoms with Gasteiger partial charge in [0, 0.05) is 11.9 Å². The van der Waals surface area contributed by atoms with Crippen LogP contribution < -0.4 is 5.32 Å². The van der Waals surface area contributed by atoms with Crippen LogP contribution in [0.5, 0.6) is 0 Å². The molecule has 5 nitrogen and oxygen atoms in total. The first-order chi connectivity index (χ1) is 11.5. The summed E-state index contributed by atoms with van der Waals surface area (Å²) in [5, 5.41) is 2.85. The van der Waals surface area contributed by atoms with Gasteiger partial charge in [0.05, 0.1) is 12.0 Å². The summed E-state index contributed by atoms with van der Waals surface area (Å²) in [5.74, 6) is -0.920. The molecule has 0 amide bonds. The van der Waals surface area contributed by atoms with E-state index in [1.807, 2.05) is 31.2 Å². The Labute approximate surface area is 141 Å². The molecule has 126 valence electrons. The molecule has 0 aliphatic rings. The maximum Gasteiger partial charge on any atom is 0.351 e. The summed E-state index contributed by atoms with van der Waals surface area (Å²) >= 11 is 0. The quantitative estimate of drug-likeness (QED) is 0.643. The van der Waals surface area contributed by atoms with Crippen molar-refractivity contribution in [2.45, 2.75) is 18.2 Å². The first kappa shape index (κ1) is 17.7. The summed E-state index contributed by atoms with van der Waals surface area (Å²) in [7, 11) is -2.83. The minimum absolute atomic E-state index is 0.0322. The summed E-state index contributed by atoms with van der Waals surface area (Å²) < 4.78 is 29.9. The third kappa shape index (κ3) is 4.02. The number of anilines is 1. The Kier molecular flexibility index (Phi) is 5.76. The van der Waals surface area contributed by atoms with Gasteiger partial charge in [-0.05, 0) is 36.2 Å². The molecule has 0 saturated carbocycles. The third-order valence-corrected chi connectivity index (χ3v) is 5.22. The van der Waals surface area contributed by atoms with Crippen LogP contribution in [0.25, 0.3) is 0 Å². The lowest BCUT2D eigenvalue weighted by atomic mass is 10.1. The van der Waals surface area contributed by atoms with Crippen LogP contribution in [0.2, 0.25) is 0 Å². The van der Waals surface area contributed by atoms with Gasteiger partial charge in [-0.2, -0.15) is 0 Å². The molecule has 6 heteroatoms. The number of ether oxygens (including phenoxy) is 1. The highest BCUT2D eigenvalue weighted by Gasteiger charge is 2.27. The fourth-order valence-electron chi connectivity index (χ4n) is 2.06. The number of nitrogens with one attached hydrogen (secondary N) is 1. The van der Waals surface area contributed by atoms with Crippen molar-refractivity contribution < 1.29 is 17.9 Å². The van der Waals surface area contributed by atoms with E-state index in [2.05, 4.69) is 10.1 Å². The number of hydrogen-bond acceptors (Lipinski definition) is 5. The van der Waals surface area contributed by atoms with Crippen LogP contribution in [-0.2, 0) is 25.8 Å². The van der Waals surface area contributed by atoms with E-state index in [4.69, 9.17) is 0 Å². The minimum Gasteiger partial charge on any atom is -0.465 e. The fourth-order valence-corrected chi connectivity index (χ4v) is 3.35. The van der Waals surface area contributed by atoms with E-state index in [0.29, 0.717) is 5.69 Å². The topological polar surface area (TPSA) is 72.5 Å². The van der Waals surface area contributed by atoms with E-state index in [1.165, 1.54) is 12.1 Å². The highest BCUT2D eigenvalue weighted by Crippen LogP contribution is 2.20. The Hall–Kier alpha value is -2.60. The molecule has 0 heterocycles. The van der Waals surface area contributed by atoms with Gasteiger partial charge in [-0.3, -0.25) is 0 Å². The third-order valence-electron chi connectivity index (χ3n) is 3.46. The summed E-state index contributed by atoms with van der Waals surface area (Å²) in [6.45, 7) is 2.05. The Morgan fingerprint density at radius 2 is 1.71 bits per heavy atom. The highest BCUT2D eigenvalue weighted by atomic mass is 32.2. The van der Waals surface area contributed by atoms with Crippen molar-refractivity contribution in [1.29, 1.82) is 0 Å². The van der Waals surface area contributed by atoms with E-state index >= 15 is 0 Å². The summed E-state index contributed by atoms with van der Waals surface area (Å²) in [6, 6.07) is 15.3. The molecule has 24 heavy (non-hydrogen) atoms. The molecule has 0 spiro atoms. The van der Waals surface area contributed by atoms with Crippen molar-refractivity contribution in [3.63, 3.8) is 0 Å². The van der Waals surface area contributed by atoms with Crippen LogP contribution in [0, 0.1) is 0 Å². The van der Waals surface area contributed by atoms with Crippen LogP contribution in [0.3, 0.4) is 0 Å². The summed E-state index contributed by atoms with van der Waals surface area (Å²) in [5.41, 5.74) is 1.84. The lowest BCUT2D eigenvalue weighted by Crippen LogP contribution is -2.16. The van der Waals surface area contributed by atoms with Crippen molar-refractivity contribution in [3.05, 3.63) is 71.3 Å². The van der Waals surface area contributed by atoms with E-state index in [0.717, 1.165) is 25.3 Å². The van der Waals surface area contributed by atoms with Gasteiger partial charge in [-0.1, -0.05) is 37.3 Å². The standard InChI is InChI=1S/C18H19NO4S/c1-3-14-9-11-15(12-10-14)19-13-17(18(20)23-2)24(21,22)16-7-5-4-6-8-16/h4-13,19H,3H2,1-2H3. The van der Waals surface area contributed by atoms with Gasteiger partial charge < -0.3 is 10.1 Å². The zero-order valence-corrected chi connectivity index (χ0v) is 14.3.